The average molecular weight is 367 g/mol. The molecule has 1 heterocycles. The van der Waals surface area contributed by atoms with Gasteiger partial charge in [0.1, 0.15) is 0 Å². The maximum Gasteiger partial charge on any atom is 0.243 e. The third-order valence-corrected chi connectivity index (χ3v) is 6.94. The quantitative estimate of drug-likeness (QED) is 0.841. The van der Waals surface area contributed by atoms with Gasteiger partial charge in [0, 0.05) is 25.0 Å². The van der Waals surface area contributed by atoms with Crippen molar-refractivity contribution in [2.75, 3.05) is 13.1 Å². The molecular weight excluding hydrogens is 336 g/mol. The number of piperidine rings is 1. The number of carbonyl (C=O) groups excluding carboxylic acids is 1. The summed E-state index contributed by atoms with van der Waals surface area (Å²) in [5, 5.41) is 3.05. The van der Waals surface area contributed by atoms with Crippen molar-refractivity contribution in [3.63, 3.8) is 0 Å². The largest absolute Gasteiger partial charge is 0.353 e. The molecule has 1 aliphatic heterocycles. The lowest BCUT2D eigenvalue weighted by atomic mass is 9.96. The monoisotopic (exact) mass is 366 g/mol. The molecule has 0 aromatic heterocycles. The van der Waals surface area contributed by atoms with Crippen LogP contribution in [0.1, 0.15) is 50.7 Å². The molecule has 1 aliphatic rings. The first kappa shape index (κ1) is 19.9. The van der Waals surface area contributed by atoms with E-state index in [-0.39, 0.29) is 17.9 Å². The van der Waals surface area contributed by atoms with Gasteiger partial charge < -0.3 is 5.32 Å². The van der Waals surface area contributed by atoms with E-state index in [0.29, 0.717) is 30.8 Å². The standard InChI is InChI=1S/C19H30N2O3S/c1-5-6-16(4)20-19(22)17-9-11-21(12-10-17)25(23,24)18-13-14(2)7-8-15(18)3/h7-8,13,16-17H,5-6,9-12H2,1-4H3,(H,20,22)/t16-/m1/s1. The van der Waals surface area contributed by atoms with Crippen LogP contribution >= 0.6 is 0 Å². The second kappa shape index (κ2) is 8.32. The lowest BCUT2D eigenvalue weighted by Crippen LogP contribution is -2.44. The zero-order valence-electron chi connectivity index (χ0n) is 15.7. The van der Waals surface area contributed by atoms with Crippen molar-refractivity contribution >= 4 is 15.9 Å². The maximum absolute atomic E-state index is 12.9. The fourth-order valence-electron chi connectivity index (χ4n) is 3.35. The van der Waals surface area contributed by atoms with Crippen molar-refractivity contribution in [1.82, 2.24) is 9.62 Å². The third-order valence-electron chi connectivity index (χ3n) is 4.90. The van der Waals surface area contributed by atoms with E-state index in [9.17, 15) is 13.2 Å². The smallest absolute Gasteiger partial charge is 0.243 e. The van der Waals surface area contributed by atoms with Gasteiger partial charge in [0.25, 0.3) is 0 Å². The van der Waals surface area contributed by atoms with Crippen molar-refractivity contribution in [2.24, 2.45) is 5.92 Å². The molecular formula is C19H30N2O3S. The SMILES string of the molecule is CCC[C@@H](C)NC(=O)C1CCN(S(=O)(=O)c2cc(C)ccc2C)CC1. The Bertz CT molecular complexity index is 707. The van der Waals surface area contributed by atoms with Crippen LogP contribution in [0.2, 0.25) is 0 Å². The van der Waals surface area contributed by atoms with Crippen LogP contribution in [0.3, 0.4) is 0 Å². The number of nitrogens with zero attached hydrogens (tertiary/aromatic N) is 1. The van der Waals surface area contributed by atoms with Crippen molar-refractivity contribution in [3.8, 4) is 0 Å². The van der Waals surface area contributed by atoms with Gasteiger partial charge in [0.05, 0.1) is 4.90 Å². The van der Waals surface area contributed by atoms with Crippen LogP contribution in [-0.4, -0.2) is 37.8 Å². The molecule has 0 aliphatic carbocycles. The normalized spacial score (nSPS) is 18.1. The summed E-state index contributed by atoms with van der Waals surface area (Å²) in [5.74, 6) is -0.0332. The van der Waals surface area contributed by atoms with Gasteiger partial charge in [-0.05, 0) is 57.2 Å². The number of carbonyl (C=O) groups is 1. The van der Waals surface area contributed by atoms with Crippen LogP contribution < -0.4 is 5.32 Å². The Morgan fingerprint density at radius 2 is 1.92 bits per heavy atom. The molecule has 1 fully saturated rings. The van der Waals surface area contributed by atoms with Crippen molar-refractivity contribution in [3.05, 3.63) is 29.3 Å². The molecule has 1 atom stereocenters. The number of amides is 1. The molecule has 1 aromatic carbocycles. The molecule has 1 N–H and O–H groups in total. The predicted octanol–water partition coefficient (Wildman–Crippen LogP) is 3.01. The van der Waals surface area contributed by atoms with E-state index in [1.165, 1.54) is 4.31 Å². The number of sulfonamides is 1. The Morgan fingerprint density at radius 3 is 2.52 bits per heavy atom. The van der Waals surface area contributed by atoms with Crippen LogP contribution in [0, 0.1) is 19.8 Å². The summed E-state index contributed by atoms with van der Waals surface area (Å²) in [6.07, 6.45) is 3.16. The summed E-state index contributed by atoms with van der Waals surface area (Å²) in [4.78, 5) is 12.7. The summed E-state index contributed by atoms with van der Waals surface area (Å²) < 4.78 is 27.4. The van der Waals surface area contributed by atoms with Gasteiger partial charge in [-0.3, -0.25) is 4.79 Å². The molecule has 25 heavy (non-hydrogen) atoms. The molecule has 0 unspecified atom stereocenters. The molecule has 1 aromatic rings. The van der Waals surface area contributed by atoms with Gasteiger partial charge in [-0.15, -0.1) is 0 Å². The van der Waals surface area contributed by atoms with Gasteiger partial charge in [-0.25, -0.2) is 8.42 Å². The highest BCUT2D eigenvalue weighted by Crippen LogP contribution is 2.26. The van der Waals surface area contributed by atoms with E-state index in [1.807, 2.05) is 32.9 Å². The molecule has 140 valence electrons. The van der Waals surface area contributed by atoms with E-state index < -0.39 is 10.0 Å². The second-order valence-electron chi connectivity index (χ2n) is 7.15. The summed E-state index contributed by atoms with van der Waals surface area (Å²) in [6.45, 7) is 8.63. The molecule has 0 spiro atoms. The van der Waals surface area contributed by atoms with Gasteiger partial charge >= 0.3 is 0 Å². The van der Waals surface area contributed by atoms with Crippen molar-refractivity contribution in [2.45, 2.75) is 64.3 Å². The maximum atomic E-state index is 12.9. The summed E-state index contributed by atoms with van der Waals surface area (Å²) in [7, 11) is -3.49. The lowest BCUT2D eigenvalue weighted by molar-refractivity contribution is -0.126. The summed E-state index contributed by atoms with van der Waals surface area (Å²) in [5.41, 5.74) is 1.70. The number of hydrogen-bond donors (Lipinski definition) is 1. The van der Waals surface area contributed by atoms with Gasteiger partial charge in [-0.2, -0.15) is 4.31 Å². The Balaban J connectivity index is 2.01. The first-order valence-corrected chi connectivity index (χ1v) is 10.6. The fourth-order valence-corrected chi connectivity index (χ4v) is 5.13. The fraction of sp³-hybridized carbons (Fsp3) is 0.632. The van der Waals surface area contributed by atoms with E-state index in [2.05, 4.69) is 12.2 Å². The number of aryl methyl sites for hydroxylation is 2. The molecule has 1 saturated heterocycles. The molecule has 6 heteroatoms. The number of rotatable bonds is 6. The first-order valence-electron chi connectivity index (χ1n) is 9.13. The van der Waals surface area contributed by atoms with Crippen LogP contribution in [-0.2, 0) is 14.8 Å². The Labute approximate surface area is 151 Å². The minimum absolute atomic E-state index is 0.0599. The third kappa shape index (κ3) is 4.82. The van der Waals surface area contributed by atoms with E-state index in [0.717, 1.165) is 24.0 Å². The summed E-state index contributed by atoms with van der Waals surface area (Å²) >= 11 is 0. The Kier molecular flexibility index (Phi) is 6.63. The molecule has 0 bridgehead atoms. The Morgan fingerprint density at radius 1 is 1.28 bits per heavy atom. The van der Waals surface area contributed by atoms with Crippen LogP contribution in [0.25, 0.3) is 0 Å². The predicted molar refractivity (Wildman–Crippen MR) is 99.9 cm³/mol. The molecule has 1 amide bonds. The zero-order valence-corrected chi connectivity index (χ0v) is 16.5. The molecule has 0 radical (unpaired) electrons. The first-order chi connectivity index (χ1) is 11.8. The highest BCUT2D eigenvalue weighted by Gasteiger charge is 2.33. The Hall–Kier alpha value is -1.40. The number of nitrogens with one attached hydrogen (secondary N) is 1. The average Bonchev–Trinajstić information content (AvgIpc) is 2.57. The highest BCUT2D eigenvalue weighted by molar-refractivity contribution is 7.89. The minimum atomic E-state index is -3.49. The lowest BCUT2D eigenvalue weighted by Gasteiger charge is -2.31. The minimum Gasteiger partial charge on any atom is -0.353 e. The molecule has 0 saturated carbocycles. The summed E-state index contributed by atoms with van der Waals surface area (Å²) in [6, 6.07) is 5.67. The zero-order chi connectivity index (χ0) is 18.6. The van der Waals surface area contributed by atoms with E-state index in [4.69, 9.17) is 0 Å². The van der Waals surface area contributed by atoms with Gasteiger partial charge in [0.15, 0.2) is 0 Å². The van der Waals surface area contributed by atoms with E-state index >= 15 is 0 Å². The number of hydrogen-bond acceptors (Lipinski definition) is 3. The topological polar surface area (TPSA) is 66.5 Å². The van der Waals surface area contributed by atoms with Crippen LogP contribution in [0.15, 0.2) is 23.1 Å². The van der Waals surface area contributed by atoms with Crippen LogP contribution in [0.4, 0.5) is 0 Å². The highest BCUT2D eigenvalue weighted by atomic mass is 32.2. The van der Waals surface area contributed by atoms with Crippen molar-refractivity contribution < 1.29 is 13.2 Å². The van der Waals surface area contributed by atoms with Crippen molar-refractivity contribution in [1.29, 1.82) is 0 Å². The second-order valence-corrected chi connectivity index (χ2v) is 9.05. The molecule has 2 rings (SSSR count). The van der Waals surface area contributed by atoms with Gasteiger partial charge in [0.2, 0.25) is 15.9 Å². The van der Waals surface area contributed by atoms with Gasteiger partial charge in [-0.1, -0.05) is 25.5 Å². The van der Waals surface area contributed by atoms with E-state index in [1.54, 1.807) is 6.07 Å². The number of benzene rings is 1. The van der Waals surface area contributed by atoms with Crippen LogP contribution in [0.5, 0.6) is 0 Å². The molecule has 5 nitrogen and oxygen atoms in total.